The fourth-order valence-corrected chi connectivity index (χ4v) is 3.93. The monoisotopic (exact) mass is 386 g/mol. The summed E-state index contributed by atoms with van der Waals surface area (Å²) in [6.07, 6.45) is 0. The van der Waals surface area contributed by atoms with Gasteiger partial charge in [-0.15, -0.1) is 0 Å². The molecular weight excluding hydrogens is 374 g/mol. The normalized spacial score (nSPS) is 11.2. The number of fused-ring (bicyclic) bond motifs is 1. The number of benzene rings is 2. The van der Waals surface area contributed by atoms with E-state index in [9.17, 15) is 23.8 Å². The predicted molar refractivity (Wildman–Crippen MR) is 97.6 cm³/mol. The summed E-state index contributed by atoms with van der Waals surface area (Å²) in [5.74, 6) is -2.54. The number of aromatic nitrogens is 2. The van der Waals surface area contributed by atoms with Crippen LogP contribution in [-0.4, -0.2) is 25.5 Å². The first kappa shape index (κ1) is 17.2. The Morgan fingerprint density at radius 1 is 1.07 bits per heavy atom. The van der Waals surface area contributed by atoms with Gasteiger partial charge in [-0.1, -0.05) is 11.3 Å². The highest BCUT2D eigenvalue weighted by Crippen LogP contribution is 2.44. The van der Waals surface area contributed by atoms with Crippen LogP contribution in [0.3, 0.4) is 0 Å². The van der Waals surface area contributed by atoms with Gasteiger partial charge in [-0.3, -0.25) is 9.36 Å². The lowest BCUT2D eigenvalue weighted by molar-refractivity contribution is 0.101. The Kier molecular flexibility index (Phi) is 3.92. The molecule has 2 aromatic heterocycles. The largest absolute Gasteiger partial charge is 0.503 e. The van der Waals surface area contributed by atoms with Gasteiger partial charge < -0.3 is 10.2 Å². The van der Waals surface area contributed by atoms with Gasteiger partial charge in [0.15, 0.2) is 16.7 Å². The molecule has 136 valence electrons. The molecule has 0 saturated carbocycles. The van der Waals surface area contributed by atoms with Crippen molar-refractivity contribution in [1.29, 1.82) is 0 Å². The fourth-order valence-electron chi connectivity index (χ4n) is 2.93. The maximum absolute atomic E-state index is 13.5. The molecule has 0 aliphatic rings. The number of ketones is 1. The van der Waals surface area contributed by atoms with Crippen molar-refractivity contribution in [3.63, 3.8) is 0 Å². The minimum atomic E-state index is -0.590. The number of halogens is 2. The van der Waals surface area contributed by atoms with E-state index in [-0.39, 0.29) is 16.4 Å². The van der Waals surface area contributed by atoms with Crippen LogP contribution >= 0.6 is 11.3 Å². The summed E-state index contributed by atoms with van der Waals surface area (Å²) in [4.78, 5) is 16.5. The van der Waals surface area contributed by atoms with Crippen LogP contribution in [0, 0.1) is 11.6 Å². The molecule has 27 heavy (non-hydrogen) atoms. The molecule has 4 rings (SSSR count). The van der Waals surface area contributed by atoms with E-state index < -0.39 is 29.0 Å². The lowest BCUT2D eigenvalue weighted by Crippen LogP contribution is -2.00. The van der Waals surface area contributed by atoms with Crippen molar-refractivity contribution in [2.45, 2.75) is 6.92 Å². The Labute approximate surface area is 155 Å². The summed E-state index contributed by atoms with van der Waals surface area (Å²) >= 11 is 1.08. The highest BCUT2D eigenvalue weighted by atomic mass is 32.1. The molecule has 0 unspecified atom stereocenters. The first-order valence-electron chi connectivity index (χ1n) is 7.86. The second-order valence-corrected chi connectivity index (χ2v) is 6.91. The van der Waals surface area contributed by atoms with E-state index in [1.54, 1.807) is 0 Å². The molecule has 2 heterocycles. The lowest BCUT2D eigenvalue weighted by atomic mass is 10.0. The van der Waals surface area contributed by atoms with E-state index in [0.717, 1.165) is 11.3 Å². The second-order valence-electron chi connectivity index (χ2n) is 5.90. The third-order valence-electron chi connectivity index (χ3n) is 4.12. The summed E-state index contributed by atoms with van der Waals surface area (Å²) in [6, 6.07) is 9.34. The van der Waals surface area contributed by atoms with Crippen molar-refractivity contribution in [3.8, 4) is 28.0 Å². The van der Waals surface area contributed by atoms with E-state index in [0.29, 0.717) is 15.8 Å². The number of carbonyl (C=O) groups is 1. The summed E-state index contributed by atoms with van der Waals surface area (Å²) in [6.45, 7) is 1.25. The van der Waals surface area contributed by atoms with Gasteiger partial charge in [-0.25, -0.2) is 13.8 Å². The molecule has 0 aliphatic heterocycles. The van der Waals surface area contributed by atoms with Crippen LogP contribution in [0.5, 0.6) is 11.6 Å². The van der Waals surface area contributed by atoms with Crippen LogP contribution in [0.25, 0.3) is 26.6 Å². The van der Waals surface area contributed by atoms with Gasteiger partial charge in [0.25, 0.3) is 0 Å². The molecule has 0 spiro atoms. The standard InChI is InChI=1S/C19H12F2N2O3S/c1-9(24)15-16(10-2-4-11(20)5-3-10)23(18(26)17(15)25)19-22-13-7-6-12(21)8-14(13)27-19/h2-8,25-26H,1H3. The van der Waals surface area contributed by atoms with Crippen LogP contribution in [0.2, 0.25) is 0 Å². The SMILES string of the molecule is CC(=O)c1c(O)c(O)n(-c2nc3ccc(F)cc3s2)c1-c1ccc(F)cc1. The highest BCUT2D eigenvalue weighted by Gasteiger charge is 2.28. The first-order chi connectivity index (χ1) is 12.9. The summed E-state index contributed by atoms with van der Waals surface area (Å²) in [5, 5.41) is 21.0. The maximum atomic E-state index is 13.5. The summed E-state index contributed by atoms with van der Waals surface area (Å²) in [7, 11) is 0. The molecule has 0 aliphatic carbocycles. The average Bonchev–Trinajstić information content (AvgIpc) is 3.14. The zero-order valence-electron chi connectivity index (χ0n) is 13.9. The molecule has 5 nitrogen and oxygen atoms in total. The number of thiazole rings is 1. The number of hydrogen-bond donors (Lipinski definition) is 2. The van der Waals surface area contributed by atoms with Gasteiger partial charge in [0.05, 0.1) is 21.5 Å². The Morgan fingerprint density at radius 2 is 1.74 bits per heavy atom. The minimum Gasteiger partial charge on any atom is -0.503 e. The molecular formula is C19H12F2N2O3S. The predicted octanol–water partition coefficient (Wildman–Crippen LogP) is 4.65. The number of nitrogens with zero attached hydrogens (tertiary/aromatic N) is 2. The molecule has 2 aromatic carbocycles. The van der Waals surface area contributed by atoms with Crippen LogP contribution in [0.15, 0.2) is 42.5 Å². The highest BCUT2D eigenvalue weighted by molar-refractivity contribution is 7.20. The van der Waals surface area contributed by atoms with Crippen molar-refractivity contribution >= 4 is 27.3 Å². The Balaban J connectivity index is 2.05. The van der Waals surface area contributed by atoms with Gasteiger partial charge >= 0.3 is 0 Å². The quantitative estimate of drug-likeness (QED) is 0.503. The second kappa shape index (κ2) is 6.17. The van der Waals surface area contributed by atoms with E-state index in [4.69, 9.17) is 0 Å². The Morgan fingerprint density at radius 3 is 2.41 bits per heavy atom. The number of rotatable bonds is 3. The molecule has 8 heteroatoms. The fraction of sp³-hybridized carbons (Fsp3) is 0.0526. The molecule has 0 saturated heterocycles. The summed E-state index contributed by atoms with van der Waals surface area (Å²) in [5.41, 5.74) is 0.975. The zero-order valence-corrected chi connectivity index (χ0v) is 14.7. The maximum Gasteiger partial charge on any atom is 0.242 e. The number of Topliss-reactive ketones (excluding diaryl/α,β-unsaturated/α-hetero) is 1. The summed E-state index contributed by atoms with van der Waals surface area (Å²) < 4.78 is 28.6. The van der Waals surface area contributed by atoms with Crippen LogP contribution in [0.1, 0.15) is 17.3 Å². The van der Waals surface area contributed by atoms with Crippen molar-refractivity contribution in [1.82, 2.24) is 9.55 Å². The molecule has 0 amide bonds. The number of aromatic hydroxyl groups is 2. The van der Waals surface area contributed by atoms with Crippen LogP contribution < -0.4 is 0 Å². The minimum absolute atomic E-state index is 0.107. The van der Waals surface area contributed by atoms with Gasteiger partial charge in [0.1, 0.15) is 11.6 Å². The van der Waals surface area contributed by atoms with E-state index in [1.165, 1.54) is 54.0 Å². The average molecular weight is 386 g/mol. The zero-order chi connectivity index (χ0) is 19.3. The smallest absolute Gasteiger partial charge is 0.242 e. The number of hydrogen-bond acceptors (Lipinski definition) is 5. The van der Waals surface area contributed by atoms with E-state index in [1.807, 2.05) is 0 Å². The molecule has 2 N–H and O–H groups in total. The third kappa shape index (κ3) is 2.74. The number of carbonyl (C=O) groups excluding carboxylic acids is 1. The van der Waals surface area contributed by atoms with Crippen molar-refractivity contribution in [2.75, 3.05) is 0 Å². The van der Waals surface area contributed by atoms with Gasteiger partial charge in [0.2, 0.25) is 5.88 Å². The molecule has 0 bridgehead atoms. The molecule has 0 atom stereocenters. The van der Waals surface area contributed by atoms with E-state index >= 15 is 0 Å². The first-order valence-corrected chi connectivity index (χ1v) is 8.68. The van der Waals surface area contributed by atoms with E-state index in [2.05, 4.69) is 4.98 Å². The van der Waals surface area contributed by atoms with Gasteiger partial charge in [0, 0.05) is 0 Å². The van der Waals surface area contributed by atoms with Gasteiger partial charge in [-0.05, 0) is 55.0 Å². The molecule has 4 aromatic rings. The third-order valence-corrected chi connectivity index (χ3v) is 5.12. The van der Waals surface area contributed by atoms with Crippen molar-refractivity contribution < 1.29 is 23.8 Å². The molecule has 0 fully saturated rings. The van der Waals surface area contributed by atoms with Crippen molar-refractivity contribution in [2.24, 2.45) is 0 Å². The van der Waals surface area contributed by atoms with Gasteiger partial charge in [-0.2, -0.15) is 0 Å². The van der Waals surface area contributed by atoms with Crippen LogP contribution in [-0.2, 0) is 0 Å². The Bertz CT molecular complexity index is 1200. The lowest BCUT2D eigenvalue weighted by Gasteiger charge is -2.08. The Hall–Kier alpha value is -3.26. The topological polar surface area (TPSA) is 75.3 Å². The van der Waals surface area contributed by atoms with Crippen LogP contribution in [0.4, 0.5) is 8.78 Å². The van der Waals surface area contributed by atoms with Crippen molar-refractivity contribution in [3.05, 3.63) is 59.7 Å². The molecule has 0 radical (unpaired) electrons.